The first-order chi connectivity index (χ1) is 19.4. The molecule has 0 aromatic rings. The summed E-state index contributed by atoms with van der Waals surface area (Å²) in [6.07, 6.45) is 4.70. The Balaban J connectivity index is 1.56. The van der Waals surface area contributed by atoms with E-state index in [1.54, 1.807) is 0 Å². The van der Waals surface area contributed by atoms with Gasteiger partial charge in [-0.25, -0.2) is 13.6 Å². The number of carbonyl (C=O) groups excluding carboxylic acids is 4. The van der Waals surface area contributed by atoms with Gasteiger partial charge in [0.1, 0.15) is 12.1 Å². The van der Waals surface area contributed by atoms with Crippen LogP contribution >= 0.6 is 0 Å². The van der Waals surface area contributed by atoms with Gasteiger partial charge in [0.15, 0.2) is 0 Å². The Hall–Kier alpha value is -2.83. The Labute approximate surface area is 238 Å². The lowest BCUT2D eigenvalue weighted by molar-refractivity contribution is -0.144. The van der Waals surface area contributed by atoms with Gasteiger partial charge >= 0.3 is 6.09 Å². The molecule has 11 nitrogen and oxygen atoms in total. The number of ketones is 1. The van der Waals surface area contributed by atoms with Crippen LogP contribution in [0, 0.1) is 11.3 Å². The number of alkyl halides is 2. The number of hydrogen-bond donors (Lipinski definition) is 4. The predicted octanol–water partition coefficient (Wildman–Crippen LogP) is 2.37. The molecule has 0 bridgehead atoms. The fourth-order valence-corrected chi connectivity index (χ4v) is 6.51. The molecule has 13 heteroatoms. The van der Waals surface area contributed by atoms with E-state index in [9.17, 15) is 37.9 Å². The number of hydrogen-bond acceptors (Lipinski definition) is 6. The second kappa shape index (κ2) is 13.0. The average molecular weight is 585 g/mol. The number of rotatable bonds is 11. The standard InChI is InChI=1S/C28H42F2N4O7/c1-27(29,30)12-7-19(22(35)24(37)31-18-5-6-18)32-23(36)20-15-28(10-3-2-4-11-28)16-34(20)25(38)21(33-26(39)40)17-8-13-41-14-9-17/h17-21,33H,2-16H2,1H3,(H,31,37)(H,32,36)(H,39,40)/t19?,20-,21?/m0/s1. The Kier molecular flexibility index (Phi) is 9.86. The van der Waals surface area contributed by atoms with Crippen LogP contribution in [0.1, 0.15) is 84.0 Å². The van der Waals surface area contributed by atoms with Crippen molar-refractivity contribution in [1.82, 2.24) is 20.9 Å². The van der Waals surface area contributed by atoms with Crippen LogP contribution in [0.2, 0.25) is 0 Å². The van der Waals surface area contributed by atoms with Gasteiger partial charge < -0.3 is 30.7 Å². The topological polar surface area (TPSA) is 154 Å². The molecule has 0 radical (unpaired) electrons. The van der Waals surface area contributed by atoms with E-state index < -0.39 is 66.5 Å². The van der Waals surface area contributed by atoms with Crippen LogP contribution < -0.4 is 16.0 Å². The van der Waals surface area contributed by atoms with Crippen molar-refractivity contribution in [3.8, 4) is 0 Å². The van der Waals surface area contributed by atoms with Gasteiger partial charge in [-0.3, -0.25) is 19.2 Å². The number of carboxylic acid groups (broad SMARTS) is 1. The van der Waals surface area contributed by atoms with Crippen LogP contribution in [0.15, 0.2) is 0 Å². The number of halogens is 2. The molecule has 0 aromatic carbocycles. The van der Waals surface area contributed by atoms with E-state index in [0.717, 1.165) is 44.9 Å². The summed E-state index contributed by atoms with van der Waals surface area (Å²) < 4.78 is 32.9. The molecule has 2 heterocycles. The first-order valence-corrected chi connectivity index (χ1v) is 14.8. The summed E-state index contributed by atoms with van der Waals surface area (Å²) >= 11 is 0. The SMILES string of the molecule is CC(F)(F)CCC(NC(=O)[C@@H]1CC2(CCCCC2)CN1C(=O)C(NC(=O)O)C1CCOCC1)C(=O)C(=O)NC1CC1. The van der Waals surface area contributed by atoms with Crippen molar-refractivity contribution < 1.29 is 42.6 Å². The van der Waals surface area contributed by atoms with Crippen LogP contribution in [0.4, 0.5) is 13.6 Å². The van der Waals surface area contributed by atoms with Gasteiger partial charge in [0.25, 0.3) is 5.91 Å². The van der Waals surface area contributed by atoms with Crippen molar-refractivity contribution in [3.05, 3.63) is 0 Å². The van der Waals surface area contributed by atoms with Crippen LogP contribution in [0.5, 0.6) is 0 Å². The van der Waals surface area contributed by atoms with Crippen LogP contribution in [-0.2, 0) is 23.9 Å². The molecular weight excluding hydrogens is 542 g/mol. The maximum absolute atomic E-state index is 14.0. The monoisotopic (exact) mass is 584 g/mol. The minimum absolute atomic E-state index is 0.131. The van der Waals surface area contributed by atoms with Gasteiger partial charge in [-0.15, -0.1) is 0 Å². The molecule has 2 aliphatic heterocycles. The van der Waals surface area contributed by atoms with Crippen LogP contribution in [-0.4, -0.2) is 89.5 Å². The predicted molar refractivity (Wildman–Crippen MR) is 142 cm³/mol. The maximum Gasteiger partial charge on any atom is 0.405 e. The number of likely N-dealkylation sites (tertiary alicyclic amines) is 1. The Morgan fingerprint density at radius 3 is 2.27 bits per heavy atom. The number of Topliss-reactive ketones (excluding diaryl/α,β-unsaturated/α-hetero) is 1. The number of ether oxygens (including phenoxy) is 1. The van der Waals surface area contributed by atoms with Crippen molar-refractivity contribution in [1.29, 1.82) is 0 Å². The summed E-state index contributed by atoms with van der Waals surface area (Å²) in [6, 6.07) is -3.71. The zero-order chi connectivity index (χ0) is 29.8. The summed E-state index contributed by atoms with van der Waals surface area (Å²) in [4.78, 5) is 66.3. The summed E-state index contributed by atoms with van der Waals surface area (Å²) in [5, 5.41) is 17.0. The van der Waals surface area contributed by atoms with E-state index in [4.69, 9.17) is 4.74 Å². The molecule has 230 valence electrons. The molecule has 4 amide bonds. The first kappa shape index (κ1) is 31.1. The van der Waals surface area contributed by atoms with Gasteiger partial charge in [0.05, 0.1) is 6.04 Å². The van der Waals surface area contributed by atoms with Gasteiger partial charge in [-0.05, 0) is 69.6 Å². The molecule has 4 N–H and O–H groups in total. The van der Waals surface area contributed by atoms with Crippen molar-refractivity contribution in [2.24, 2.45) is 11.3 Å². The van der Waals surface area contributed by atoms with E-state index in [-0.39, 0.29) is 23.9 Å². The minimum Gasteiger partial charge on any atom is -0.465 e. The van der Waals surface area contributed by atoms with Gasteiger partial charge in [-0.1, -0.05) is 19.3 Å². The van der Waals surface area contributed by atoms with E-state index in [0.29, 0.717) is 39.4 Å². The van der Waals surface area contributed by atoms with Gasteiger partial charge in [-0.2, -0.15) is 0 Å². The first-order valence-electron chi connectivity index (χ1n) is 14.8. The highest BCUT2D eigenvalue weighted by Gasteiger charge is 2.51. The highest BCUT2D eigenvalue weighted by molar-refractivity contribution is 6.38. The normalized spacial score (nSPS) is 24.4. The van der Waals surface area contributed by atoms with E-state index in [1.165, 1.54) is 4.90 Å². The van der Waals surface area contributed by atoms with E-state index in [2.05, 4.69) is 16.0 Å². The van der Waals surface area contributed by atoms with E-state index in [1.807, 2.05) is 0 Å². The lowest BCUT2D eigenvalue weighted by atomic mass is 9.72. The Morgan fingerprint density at radius 1 is 1.02 bits per heavy atom. The number of amides is 4. The molecule has 0 aromatic heterocycles. The zero-order valence-electron chi connectivity index (χ0n) is 23.6. The van der Waals surface area contributed by atoms with Gasteiger partial charge in [0, 0.05) is 32.2 Å². The molecule has 3 atom stereocenters. The number of nitrogens with zero attached hydrogens (tertiary/aromatic N) is 1. The van der Waals surface area contributed by atoms with E-state index >= 15 is 0 Å². The fourth-order valence-electron chi connectivity index (χ4n) is 6.51. The molecule has 4 aliphatic rings. The van der Waals surface area contributed by atoms with Crippen molar-refractivity contribution in [3.63, 3.8) is 0 Å². The highest BCUT2D eigenvalue weighted by Crippen LogP contribution is 2.47. The average Bonchev–Trinajstić information content (AvgIpc) is 3.67. The third-order valence-corrected chi connectivity index (χ3v) is 8.93. The van der Waals surface area contributed by atoms with Crippen molar-refractivity contribution >= 4 is 29.6 Å². The molecule has 2 saturated heterocycles. The number of carbonyl (C=O) groups is 5. The molecule has 2 unspecified atom stereocenters. The third kappa shape index (κ3) is 8.36. The molecule has 41 heavy (non-hydrogen) atoms. The van der Waals surface area contributed by atoms with Crippen molar-refractivity contribution in [2.45, 2.75) is 114 Å². The largest absolute Gasteiger partial charge is 0.465 e. The van der Waals surface area contributed by atoms with Crippen molar-refractivity contribution in [2.75, 3.05) is 19.8 Å². The highest BCUT2D eigenvalue weighted by atomic mass is 19.3. The van der Waals surface area contributed by atoms with Crippen LogP contribution in [0.3, 0.4) is 0 Å². The second-order valence-electron chi connectivity index (χ2n) is 12.4. The minimum atomic E-state index is -3.11. The quantitative estimate of drug-likeness (QED) is 0.272. The van der Waals surface area contributed by atoms with Crippen LogP contribution in [0.25, 0.3) is 0 Å². The zero-order valence-corrected chi connectivity index (χ0v) is 23.6. The summed E-state index contributed by atoms with van der Waals surface area (Å²) in [5.74, 6) is -6.56. The maximum atomic E-state index is 14.0. The molecule has 1 spiro atoms. The third-order valence-electron chi connectivity index (χ3n) is 8.93. The molecular formula is C28H42F2N4O7. The molecule has 2 aliphatic carbocycles. The smallest absolute Gasteiger partial charge is 0.405 e. The summed E-state index contributed by atoms with van der Waals surface area (Å²) in [5.41, 5.74) is -0.335. The molecule has 2 saturated carbocycles. The summed E-state index contributed by atoms with van der Waals surface area (Å²) in [6.45, 7) is 1.74. The second-order valence-corrected chi connectivity index (χ2v) is 12.4. The summed E-state index contributed by atoms with van der Waals surface area (Å²) in [7, 11) is 0. The Morgan fingerprint density at radius 2 is 1.68 bits per heavy atom. The fraction of sp³-hybridized carbons (Fsp3) is 0.821. The molecule has 4 rings (SSSR count). The number of nitrogens with one attached hydrogen (secondary N) is 3. The van der Waals surface area contributed by atoms with Gasteiger partial charge in [0.2, 0.25) is 23.5 Å². The Bertz CT molecular complexity index is 1000. The molecule has 4 fully saturated rings. The lowest BCUT2D eigenvalue weighted by Gasteiger charge is -2.35. The lowest BCUT2D eigenvalue weighted by Crippen LogP contribution is -2.58.